The Hall–Kier alpha value is -1.14. The lowest BCUT2D eigenvalue weighted by atomic mass is 9.80. The van der Waals surface area contributed by atoms with E-state index >= 15 is 0 Å². The van der Waals surface area contributed by atoms with Gasteiger partial charge in [0.25, 0.3) is 0 Å². The molecule has 128 valence electrons. The summed E-state index contributed by atoms with van der Waals surface area (Å²) >= 11 is 0. The lowest BCUT2D eigenvalue weighted by molar-refractivity contribution is -0.151. The number of nitrogens with one attached hydrogen (secondary N) is 1. The zero-order valence-electron chi connectivity index (χ0n) is 14.0. The van der Waals surface area contributed by atoms with Crippen LogP contribution in [0.1, 0.15) is 47.0 Å². The van der Waals surface area contributed by atoms with Crippen LogP contribution in [0.5, 0.6) is 0 Å². The number of nitrogens with two attached hydrogens (primary N) is 1. The zero-order chi connectivity index (χ0) is 16.9. The van der Waals surface area contributed by atoms with Gasteiger partial charge in [0.2, 0.25) is 5.91 Å². The second-order valence-electron chi connectivity index (χ2n) is 6.13. The summed E-state index contributed by atoms with van der Waals surface area (Å²) in [7, 11) is 0. The molecule has 1 aliphatic carbocycles. The average Bonchev–Trinajstić information content (AvgIpc) is 2.74. The molecule has 0 spiro atoms. The molecule has 1 amide bonds. The van der Waals surface area contributed by atoms with Gasteiger partial charge in [-0.25, -0.2) is 0 Å². The van der Waals surface area contributed by atoms with Crippen molar-refractivity contribution in [3.8, 4) is 0 Å². The average molecular weight is 314 g/mol. The van der Waals surface area contributed by atoms with E-state index in [2.05, 4.69) is 19.2 Å². The minimum absolute atomic E-state index is 0.143. The first-order chi connectivity index (χ1) is 10.4. The number of aliphatic hydroxyl groups excluding tert-OH is 1. The summed E-state index contributed by atoms with van der Waals surface area (Å²) in [5, 5.41) is 13.6. The summed E-state index contributed by atoms with van der Waals surface area (Å²) in [5.74, 6) is -1.26. The van der Waals surface area contributed by atoms with Gasteiger partial charge in [0.15, 0.2) is 0 Å². The Kier molecular flexibility index (Phi) is 7.29. The molecule has 0 saturated heterocycles. The second-order valence-corrected chi connectivity index (χ2v) is 6.13. The number of amides is 1. The minimum Gasteiger partial charge on any atom is -0.466 e. The second kappa shape index (κ2) is 8.48. The van der Waals surface area contributed by atoms with E-state index in [4.69, 9.17) is 10.5 Å². The maximum absolute atomic E-state index is 12.0. The summed E-state index contributed by atoms with van der Waals surface area (Å²) in [4.78, 5) is 23.5. The van der Waals surface area contributed by atoms with Crippen molar-refractivity contribution in [1.29, 1.82) is 0 Å². The number of hydrogen-bond donors (Lipinski definition) is 3. The lowest BCUT2D eigenvalue weighted by Gasteiger charge is -2.35. The molecule has 22 heavy (non-hydrogen) atoms. The van der Waals surface area contributed by atoms with Crippen molar-refractivity contribution in [2.24, 2.45) is 23.5 Å². The van der Waals surface area contributed by atoms with Crippen LogP contribution in [0.15, 0.2) is 0 Å². The normalized spacial score (nSPS) is 29.4. The third-order valence-electron chi connectivity index (χ3n) is 4.76. The van der Waals surface area contributed by atoms with E-state index in [1.54, 1.807) is 6.92 Å². The number of carbonyl (C=O) groups excluding carboxylic acids is 2. The fourth-order valence-corrected chi connectivity index (χ4v) is 3.63. The van der Waals surface area contributed by atoms with E-state index < -0.39 is 18.0 Å². The van der Waals surface area contributed by atoms with Crippen molar-refractivity contribution in [3.05, 3.63) is 0 Å². The van der Waals surface area contributed by atoms with Gasteiger partial charge < -0.3 is 20.9 Å². The Morgan fingerprint density at radius 1 is 1.32 bits per heavy atom. The summed E-state index contributed by atoms with van der Waals surface area (Å²) in [6.45, 7) is 7.59. The molecule has 6 heteroatoms. The highest BCUT2D eigenvalue weighted by Crippen LogP contribution is 2.37. The van der Waals surface area contributed by atoms with Crippen LogP contribution in [0.3, 0.4) is 0 Å². The number of rotatable bonds is 7. The van der Waals surface area contributed by atoms with Crippen LogP contribution in [-0.2, 0) is 14.3 Å². The predicted molar refractivity (Wildman–Crippen MR) is 83.9 cm³/mol. The smallest absolute Gasteiger partial charge is 0.311 e. The third-order valence-corrected chi connectivity index (χ3v) is 4.76. The van der Waals surface area contributed by atoms with E-state index in [0.717, 1.165) is 12.8 Å². The molecule has 0 aromatic heterocycles. The van der Waals surface area contributed by atoms with Crippen molar-refractivity contribution in [3.63, 3.8) is 0 Å². The Morgan fingerprint density at radius 3 is 2.36 bits per heavy atom. The van der Waals surface area contributed by atoms with Crippen molar-refractivity contribution >= 4 is 11.9 Å². The molecule has 0 radical (unpaired) electrons. The van der Waals surface area contributed by atoms with Crippen LogP contribution in [0.4, 0.5) is 0 Å². The Balaban J connectivity index is 2.98. The van der Waals surface area contributed by atoms with Gasteiger partial charge in [-0.3, -0.25) is 9.59 Å². The summed E-state index contributed by atoms with van der Waals surface area (Å²) in [6, 6.07) is -0.557. The van der Waals surface area contributed by atoms with Gasteiger partial charge in [-0.2, -0.15) is 0 Å². The highest BCUT2D eigenvalue weighted by atomic mass is 16.5. The topological polar surface area (TPSA) is 102 Å². The summed E-state index contributed by atoms with van der Waals surface area (Å²) < 4.78 is 5.03. The van der Waals surface area contributed by atoms with E-state index in [1.807, 2.05) is 0 Å². The van der Waals surface area contributed by atoms with E-state index in [0.29, 0.717) is 6.42 Å². The molecule has 5 atom stereocenters. The standard InChI is InChI=1S/C16H30N2O4/c1-5-10(6-2)14(18-9(4)19)13-12(17)8-11(15(13)20)16(21)22-7-3/h10-15,20H,5-8,17H2,1-4H3,(H,18,19)/t11-,12+,13+,14-,15+/m1/s1. The Labute approximate surface area is 132 Å². The number of aliphatic hydroxyl groups is 1. The fourth-order valence-electron chi connectivity index (χ4n) is 3.63. The van der Waals surface area contributed by atoms with Gasteiger partial charge in [-0.1, -0.05) is 26.7 Å². The molecule has 1 fully saturated rings. The first-order valence-electron chi connectivity index (χ1n) is 8.24. The molecule has 0 bridgehead atoms. The number of ether oxygens (including phenoxy) is 1. The molecular formula is C16H30N2O4. The zero-order valence-corrected chi connectivity index (χ0v) is 14.0. The highest BCUT2D eigenvalue weighted by molar-refractivity contribution is 5.74. The van der Waals surface area contributed by atoms with Crippen LogP contribution in [-0.4, -0.2) is 41.8 Å². The van der Waals surface area contributed by atoms with Gasteiger partial charge in [0, 0.05) is 24.9 Å². The highest BCUT2D eigenvalue weighted by Gasteiger charge is 2.49. The van der Waals surface area contributed by atoms with Crippen LogP contribution in [0.25, 0.3) is 0 Å². The third kappa shape index (κ3) is 4.20. The molecule has 1 aliphatic rings. The van der Waals surface area contributed by atoms with Gasteiger partial charge in [-0.15, -0.1) is 0 Å². The van der Waals surface area contributed by atoms with E-state index in [1.165, 1.54) is 6.92 Å². The summed E-state index contributed by atoms with van der Waals surface area (Å²) in [5.41, 5.74) is 6.20. The molecule has 0 aromatic carbocycles. The minimum atomic E-state index is -0.883. The van der Waals surface area contributed by atoms with Crippen LogP contribution < -0.4 is 11.1 Å². The van der Waals surface area contributed by atoms with Crippen LogP contribution in [0.2, 0.25) is 0 Å². The first-order valence-corrected chi connectivity index (χ1v) is 8.24. The quantitative estimate of drug-likeness (QED) is 0.604. The molecule has 6 nitrogen and oxygen atoms in total. The Morgan fingerprint density at radius 2 is 1.91 bits per heavy atom. The maximum atomic E-state index is 12.0. The van der Waals surface area contributed by atoms with Crippen molar-refractivity contribution in [2.45, 2.75) is 65.1 Å². The molecule has 0 heterocycles. The van der Waals surface area contributed by atoms with Crippen molar-refractivity contribution in [1.82, 2.24) is 5.32 Å². The van der Waals surface area contributed by atoms with Crippen LogP contribution in [0, 0.1) is 17.8 Å². The maximum Gasteiger partial charge on any atom is 0.311 e. The molecule has 0 aromatic rings. The van der Waals surface area contributed by atoms with E-state index in [9.17, 15) is 14.7 Å². The molecule has 4 N–H and O–H groups in total. The number of carbonyl (C=O) groups is 2. The molecule has 1 saturated carbocycles. The number of esters is 1. The fraction of sp³-hybridized carbons (Fsp3) is 0.875. The van der Waals surface area contributed by atoms with Gasteiger partial charge in [-0.05, 0) is 19.3 Å². The first kappa shape index (κ1) is 18.9. The number of hydrogen-bond acceptors (Lipinski definition) is 5. The molecule has 1 rings (SSSR count). The lowest BCUT2D eigenvalue weighted by Crippen LogP contribution is -2.52. The molecule has 0 unspecified atom stereocenters. The summed E-state index contributed by atoms with van der Waals surface area (Å²) in [6.07, 6.45) is 1.26. The van der Waals surface area contributed by atoms with Gasteiger partial charge in [0.1, 0.15) is 0 Å². The largest absolute Gasteiger partial charge is 0.466 e. The van der Waals surface area contributed by atoms with Gasteiger partial charge >= 0.3 is 5.97 Å². The predicted octanol–water partition coefficient (Wildman–Crippen LogP) is 0.815. The van der Waals surface area contributed by atoms with Gasteiger partial charge in [0.05, 0.1) is 18.6 Å². The van der Waals surface area contributed by atoms with E-state index in [-0.39, 0.29) is 36.4 Å². The van der Waals surface area contributed by atoms with Crippen molar-refractivity contribution in [2.75, 3.05) is 6.61 Å². The monoisotopic (exact) mass is 314 g/mol. The molecular weight excluding hydrogens is 284 g/mol. The Bertz CT molecular complexity index is 384. The SMILES string of the molecule is CCOC(=O)[C@@H]1C[C@H](N)[C@@H]([C@H](NC(C)=O)C(CC)CC)[C@H]1O. The van der Waals surface area contributed by atoms with Crippen LogP contribution >= 0.6 is 0 Å². The molecule has 0 aliphatic heterocycles. The van der Waals surface area contributed by atoms with Crippen molar-refractivity contribution < 1.29 is 19.4 Å².